The van der Waals surface area contributed by atoms with Crippen molar-refractivity contribution >= 4 is 11.9 Å². The molecular weight excluding hydrogens is 258 g/mol. The van der Waals surface area contributed by atoms with Crippen LogP contribution in [0.1, 0.15) is 39.5 Å². The van der Waals surface area contributed by atoms with Crippen molar-refractivity contribution in [1.29, 1.82) is 0 Å². The quantitative estimate of drug-likeness (QED) is 0.695. The highest BCUT2D eigenvalue weighted by atomic mass is 16.4. The van der Waals surface area contributed by atoms with Crippen molar-refractivity contribution in [2.75, 3.05) is 0 Å². The molecule has 0 saturated carbocycles. The van der Waals surface area contributed by atoms with Gasteiger partial charge in [0.05, 0.1) is 0 Å². The van der Waals surface area contributed by atoms with Crippen molar-refractivity contribution in [1.82, 2.24) is 5.32 Å². The number of hydrogen-bond acceptors (Lipinski definition) is 3. The van der Waals surface area contributed by atoms with E-state index in [1.807, 2.05) is 19.1 Å². The molecule has 20 heavy (non-hydrogen) atoms. The van der Waals surface area contributed by atoms with Gasteiger partial charge in [-0.3, -0.25) is 0 Å². The highest BCUT2D eigenvalue weighted by Gasteiger charge is 2.25. The molecule has 0 bridgehead atoms. The Balaban J connectivity index is 2.88. The van der Waals surface area contributed by atoms with Crippen LogP contribution in [-0.2, 0) is 9.59 Å². The summed E-state index contributed by atoms with van der Waals surface area (Å²) in [6.07, 6.45) is 8.75. The normalized spacial score (nSPS) is 21.3. The lowest BCUT2D eigenvalue weighted by Crippen LogP contribution is -2.40. The summed E-state index contributed by atoms with van der Waals surface area (Å²) >= 11 is 0. The van der Waals surface area contributed by atoms with Crippen molar-refractivity contribution in [2.24, 2.45) is 0 Å². The molecule has 1 aliphatic rings. The second-order valence-electron chi connectivity index (χ2n) is 4.96. The first-order valence-corrected chi connectivity index (χ1v) is 6.74. The molecule has 110 valence electrons. The van der Waals surface area contributed by atoms with Crippen LogP contribution in [0.4, 0.5) is 0 Å². The molecule has 0 spiro atoms. The number of hydrogen-bond donors (Lipinski definition) is 3. The molecule has 0 aromatic rings. The molecule has 1 unspecified atom stereocenters. The molecule has 0 aromatic heterocycles. The van der Waals surface area contributed by atoms with Crippen molar-refractivity contribution in [3.63, 3.8) is 0 Å². The van der Waals surface area contributed by atoms with Gasteiger partial charge in [-0.05, 0) is 31.4 Å². The van der Waals surface area contributed by atoms with Crippen LogP contribution in [0.15, 0.2) is 35.1 Å². The van der Waals surface area contributed by atoms with E-state index in [9.17, 15) is 9.59 Å². The summed E-state index contributed by atoms with van der Waals surface area (Å²) in [5, 5.41) is 20.5. The van der Waals surface area contributed by atoms with E-state index in [0.717, 1.165) is 19.3 Å². The van der Waals surface area contributed by atoms with Crippen molar-refractivity contribution in [2.45, 2.75) is 45.6 Å². The molecule has 5 heteroatoms. The number of nitrogens with one attached hydrogen (secondary N) is 1. The standard InChI is InChI=1S/C15H21NO4/c1-3-4-5-10(2)6-7-11-8-12(14(17)18)16-13(9-11)15(19)20/h6-8,13,16H,3-5,9H2,1-2H3,(H,17,18)(H,19,20)/b10-6+,11-7+. The minimum absolute atomic E-state index is 0.0745. The summed E-state index contributed by atoms with van der Waals surface area (Å²) in [5.41, 5.74) is 1.84. The average Bonchev–Trinajstić information content (AvgIpc) is 2.42. The Morgan fingerprint density at radius 2 is 2.15 bits per heavy atom. The zero-order valence-corrected chi connectivity index (χ0v) is 11.8. The third kappa shape index (κ3) is 4.91. The molecule has 5 nitrogen and oxygen atoms in total. The fourth-order valence-electron chi connectivity index (χ4n) is 1.94. The van der Waals surface area contributed by atoms with Crippen molar-refractivity contribution < 1.29 is 19.8 Å². The molecule has 0 fully saturated rings. The topological polar surface area (TPSA) is 86.6 Å². The van der Waals surface area contributed by atoms with Gasteiger partial charge in [0, 0.05) is 6.42 Å². The van der Waals surface area contributed by atoms with E-state index in [1.54, 1.807) is 0 Å². The summed E-state index contributed by atoms with van der Waals surface area (Å²) in [4.78, 5) is 22.0. The molecule has 0 saturated heterocycles. The van der Waals surface area contributed by atoms with Gasteiger partial charge in [0.1, 0.15) is 11.7 Å². The van der Waals surface area contributed by atoms with Crippen molar-refractivity contribution in [3.05, 3.63) is 35.1 Å². The summed E-state index contributed by atoms with van der Waals surface area (Å²) in [7, 11) is 0. The molecular formula is C15H21NO4. The number of aliphatic carboxylic acids is 2. The van der Waals surface area contributed by atoms with E-state index < -0.39 is 18.0 Å². The van der Waals surface area contributed by atoms with Gasteiger partial charge in [0.25, 0.3) is 0 Å². The van der Waals surface area contributed by atoms with Gasteiger partial charge in [0.2, 0.25) is 0 Å². The molecule has 0 aliphatic carbocycles. The number of carboxylic acids is 2. The first kappa shape index (κ1) is 16.0. The maximum atomic E-state index is 11.0. The van der Waals surface area contributed by atoms with E-state index in [1.165, 1.54) is 11.6 Å². The van der Waals surface area contributed by atoms with Gasteiger partial charge < -0.3 is 15.5 Å². The van der Waals surface area contributed by atoms with E-state index in [4.69, 9.17) is 10.2 Å². The van der Waals surface area contributed by atoms with Crippen LogP contribution >= 0.6 is 0 Å². The molecule has 0 amide bonds. The minimum atomic E-state index is -1.14. The highest BCUT2D eigenvalue weighted by molar-refractivity contribution is 5.89. The van der Waals surface area contributed by atoms with Crippen LogP contribution in [0.5, 0.6) is 0 Å². The van der Waals surface area contributed by atoms with Gasteiger partial charge in [-0.15, -0.1) is 0 Å². The van der Waals surface area contributed by atoms with Crippen LogP contribution < -0.4 is 5.32 Å². The molecule has 1 aliphatic heterocycles. The Morgan fingerprint density at radius 1 is 1.45 bits per heavy atom. The fraction of sp³-hybridized carbons (Fsp3) is 0.467. The van der Waals surface area contributed by atoms with Crippen LogP contribution in [0, 0.1) is 0 Å². The maximum Gasteiger partial charge on any atom is 0.351 e. The Hall–Kier alpha value is -2.04. The number of carboxylic acid groups (broad SMARTS) is 2. The van der Waals surface area contributed by atoms with Gasteiger partial charge in [-0.1, -0.05) is 31.1 Å². The average molecular weight is 279 g/mol. The van der Waals surface area contributed by atoms with E-state index in [2.05, 4.69) is 12.2 Å². The SMILES string of the molecule is CCCC/C(C)=C/C=C1\C=C(C(=O)O)NC(C(=O)O)C1. The summed E-state index contributed by atoms with van der Waals surface area (Å²) in [5.74, 6) is -2.19. The summed E-state index contributed by atoms with van der Waals surface area (Å²) < 4.78 is 0. The predicted octanol–water partition coefficient (Wildman–Crippen LogP) is 2.46. The van der Waals surface area contributed by atoms with E-state index in [-0.39, 0.29) is 12.1 Å². The smallest absolute Gasteiger partial charge is 0.351 e. The first-order valence-electron chi connectivity index (χ1n) is 6.74. The number of unbranched alkanes of at least 4 members (excludes halogenated alkanes) is 1. The molecule has 1 atom stereocenters. The Labute approximate surface area is 118 Å². The lowest BCUT2D eigenvalue weighted by molar-refractivity contribution is -0.139. The zero-order valence-electron chi connectivity index (χ0n) is 11.8. The van der Waals surface area contributed by atoms with Gasteiger partial charge in [-0.25, -0.2) is 9.59 Å². The zero-order chi connectivity index (χ0) is 15.1. The van der Waals surface area contributed by atoms with Gasteiger partial charge in [0.15, 0.2) is 0 Å². The van der Waals surface area contributed by atoms with Crippen LogP contribution in [0.25, 0.3) is 0 Å². The Bertz CT molecular complexity index is 474. The molecule has 1 rings (SSSR count). The van der Waals surface area contributed by atoms with Crippen LogP contribution in [0.2, 0.25) is 0 Å². The largest absolute Gasteiger partial charge is 0.480 e. The predicted molar refractivity (Wildman–Crippen MR) is 76.3 cm³/mol. The molecule has 1 heterocycles. The molecule has 0 aromatic carbocycles. The minimum Gasteiger partial charge on any atom is -0.480 e. The highest BCUT2D eigenvalue weighted by Crippen LogP contribution is 2.18. The fourth-order valence-corrected chi connectivity index (χ4v) is 1.94. The molecule has 3 N–H and O–H groups in total. The second kappa shape index (κ2) is 7.53. The lowest BCUT2D eigenvalue weighted by Gasteiger charge is -2.21. The number of rotatable bonds is 6. The van der Waals surface area contributed by atoms with Crippen molar-refractivity contribution in [3.8, 4) is 0 Å². The second-order valence-corrected chi connectivity index (χ2v) is 4.96. The third-order valence-electron chi connectivity index (χ3n) is 3.13. The van der Waals surface area contributed by atoms with Gasteiger partial charge in [-0.2, -0.15) is 0 Å². The Kier molecular flexibility index (Phi) is 6.03. The first-order chi connectivity index (χ1) is 9.43. The van der Waals surface area contributed by atoms with E-state index in [0.29, 0.717) is 5.57 Å². The van der Waals surface area contributed by atoms with E-state index >= 15 is 0 Å². The number of carbonyl (C=O) groups is 2. The molecule has 0 radical (unpaired) electrons. The number of allylic oxidation sites excluding steroid dienone is 4. The summed E-state index contributed by atoms with van der Waals surface area (Å²) in [6, 6.07) is -0.887. The maximum absolute atomic E-state index is 11.0. The van der Waals surface area contributed by atoms with Crippen LogP contribution in [0.3, 0.4) is 0 Å². The Morgan fingerprint density at radius 3 is 2.70 bits per heavy atom. The summed E-state index contributed by atoms with van der Waals surface area (Å²) in [6.45, 7) is 4.14. The third-order valence-corrected chi connectivity index (χ3v) is 3.13. The van der Waals surface area contributed by atoms with Gasteiger partial charge >= 0.3 is 11.9 Å². The lowest BCUT2D eigenvalue weighted by atomic mass is 9.99. The van der Waals surface area contributed by atoms with Crippen LogP contribution in [-0.4, -0.2) is 28.2 Å². The monoisotopic (exact) mass is 279 g/mol.